The smallest absolute Gasteiger partial charge is 0.0373 e. The van der Waals surface area contributed by atoms with Crippen LogP contribution in [0.3, 0.4) is 0 Å². The molecule has 1 aliphatic carbocycles. The van der Waals surface area contributed by atoms with Crippen molar-refractivity contribution in [3.8, 4) is 0 Å². The van der Waals surface area contributed by atoms with Crippen LogP contribution < -0.4 is 10.2 Å². The van der Waals surface area contributed by atoms with Gasteiger partial charge in [0.05, 0.1) is 0 Å². The maximum Gasteiger partial charge on any atom is 0.0373 e. The topological polar surface area (TPSA) is 15.3 Å². The summed E-state index contributed by atoms with van der Waals surface area (Å²) >= 11 is 0. The molecule has 1 aliphatic heterocycles. The van der Waals surface area contributed by atoms with Crippen LogP contribution in [0.5, 0.6) is 0 Å². The van der Waals surface area contributed by atoms with E-state index in [-0.39, 0.29) is 0 Å². The lowest BCUT2D eigenvalue weighted by atomic mass is 9.81. The van der Waals surface area contributed by atoms with Crippen molar-refractivity contribution in [3.63, 3.8) is 0 Å². The normalized spacial score (nSPS) is 19.2. The Morgan fingerprint density at radius 2 is 1.77 bits per heavy atom. The lowest BCUT2D eigenvalue weighted by Gasteiger charge is -2.32. The molecule has 0 aromatic heterocycles. The van der Waals surface area contributed by atoms with Gasteiger partial charge in [-0.1, -0.05) is 43.6 Å². The predicted octanol–water partition coefficient (Wildman–Crippen LogP) is 7.10. The van der Waals surface area contributed by atoms with Gasteiger partial charge < -0.3 is 10.2 Å². The second kappa shape index (κ2) is 10.7. The first-order valence-corrected chi connectivity index (χ1v) is 12.4. The lowest BCUT2D eigenvalue weighted by Crippen LogP contribution is -2.43. The van der Waals surface area contributed by atoms with Crippen LogP contribution in [0, 0.1) is 12.8 Å². The quantitative estimate of drug-likeness (QED) is 0.473. The molecular weight excluding hydrogens is 376 g/mol. The van der Waals surface area contributed by atoms with E-state index in [1.807, 2.05) is 0 Å². The highest BCUT2D eigenvalue weighted by Crippen LogP contribution is 2.40. The van der Waals surface area contributed by atoms with E-state index in [0.717, 1.165) is 38.5 Å². The molecule has 2 heteroatoms. The average molecular weight is 421 g/mol. The molecule has 0 radical (unpaired) electrons. The van der Waals surface area contributed by atoms with Crippen LogP contribution in [0.4, 0.5) is 5.69 Å². The Balaban J connectivity index is 2.05. The van der Waals surface area contributed by atoms with E-state index in [0.29, 0.717) is 5.92 Å². The van der Waals surface area contributed by atoms with Crippen molar-refractivity contribution in [2.75, 3.05) is 31.1 Å². The molecule has 0 amide bonds. The first kappa shape index (κ1) is 23.9. The van der Waals surface area contributed by atoms with Gasteiger partial charge in [0.25, 0.3) is 0 Å². The van der Waals surface area contributed by atoms with Crippen LogP contribution in [0.2, 0.25) is 0 Å². The van der Waals surface area contributed by atoms with E-state index >= 15 is 0 Å². The van der Waals surface area contributed by atoms with E-state index in [1.54, 1.807) is 5.56 Å². The zero-order valence-electron chi connectivity index (χ0n) is 20.9. The summed E-state index contributed by atoms with van der Waals surface area (Å²) in [5, 5.41) is 3.51. The third-order valence-electron chi connectivity index (χ3n) is 7.48. The molecule has 1 unspecified atom stereocenters. The first-order chi connectivity index (χ1) is 14.8. The highest BCUT2D eigenvalue weighted by Gasteiger charge is 2.26. The van der Waals surface area contributed by atoms with Gasteiger partial charge in [0, 0.05) is 31.9 Å². The van der Waals surface area contributed by atoms with Crippen LogP contribution in [0.25, 0.3) is 0 Å². The molecule has 170 valence electrons. The predicted molar refractivity (Wildman–Crippen MR) is 137 cm³/mol. The summed E-state index contributed by atoms with van der Waals surface area (Å²) in [5.74, 6) is 1.48. The average Bonchev–Trinajstić information content (AvgIpc) is 3.27. The van der Waals surface area contributed by atoms with Crippen LogP contribution in [0.15, 0.2) is 47.1 Å². The summed E-state index contributed by atoms with van der Waals surface area (Å²) in [5.41, 5.74) is 11.3. The van der Waals surface area contributed by atoms with Crippen LogP contribution in [0.1, 0.15) is 82.9 Å². The first-order valence-electron chi connectivity index (χ1n) is 12.4. The minimum Gasteiger partial charge on any atom is -0.369 e. The van der Waals surface area contributed by atoms with Crippen LogP contribution in [-0.2, 0) is 6.42 Å². The molecule has 1 atom stereocenters. The number of rotatable bonds is 7. The lowest BCUT2D eigenvalue weighted by molar-refractivity contribution is 0.459. The second-order valence-electron chi connectivity index (χ2n) is 10.2. The molecule has 1 N–H and O–H groups in total. The molecule has 2 fully saturated rings. The molecule has 0 bridgehead atoms. The summed E-state index contributed by atoms with van der Waals surface area (Å²) in [6, 6.07) is 5.00. The van der Waals surface area contributed by atoms with Gasteiger partial charge in [-0.2, -0.15) is 0 Å². The fourth-order valence-electron chi connectivity index (χ4n) is 5.59. The van der Waals surface area contributed by atoms with E-state index in [1.165, 1.54) is 64.8 Å². The van der Waals surface area contributed by atoms with E-state index in [2.05, 4.69) is 76.5 Å². The minimum atomic E-state index is 0.639. The summed E-state index contributed by atoms with van der Waals surface area (Å²) in [4.78, 5) is 2.58. The van der Waals surface area contributed by atoms with Crippen molar-refractivity contribution in [3.05, 3.63) is 63.8 Å². The summed E-state index contributed by atoms with van der Waals surface area (Å²) < 4.78 is 0. The van der Waals surface area contributed by atoms with Gasteiger partial charge in [0.15, 0.2) is 0 Å². The number of benzene rings is 1. The van der Waals surface area contributed by atoms with Crippen LogP contribution in [-0.4, -0.2) is 26.2 Å². The Kier molecular flexibility index (Phi) is 8.22. The number of nitrogens with zero attached hydrogens (tertiary/aromatic N) is 1. The molecule has 2 aliphatic rings. The van der Waals surface area contributed by atoms with E-state index in [9.17, 15) is 0 Å². The van der Waals surface area contributed by atoms with Gasteiger partial charge in [-0.3, -0.25) is 0 Å². The van der Waals surface area contributed by atoms with E-state index in [4.69, 9.17) is 0 Å². The molecule has 1 saturated carbocycles. The van der Waals surface area contributed by atoms with Crippen molar-refractivity contribution in [2.45, 2.75) is 79.6 Å². The highest BCUT2D eigenvalue weighted by atomic mass is 15.2. The Morgan fingerprint density at radius 3 is 2.35 bits per heavy atom. The van der Waals surface area contributed by atoms with Gasteiger partial charge in [0.1, 0.15) is 0 Å². The number of anilines is 1. The number of hydrogen-bond donors (Lipinski definition) is 1. The molecule has 1 heterocycles. The zero-order valence-corrected chi connectivity index (χ0v) is 20.9. The van der Waals surface area contributed by atoms with Crippen molar-refractivity contribution >= 4 is 5.69 Å². The van der Waals surface area contributed by atoms with Gasteiger partial charge >= 0.3 is 0 Å². The molecule has 1 aromatic carbocycles. The fraction of sp³-hybridized carbons (Fsp3) is 0.586. The Hall–Kier alpha value is -1.80. The minimum absolute atomic E-state index is 0.639. The standard InChI is InChI=1S/C29H44N2/c1-20(2)16-22(5)28(21(3)4)18-26-17-27(31-14-12-30-13-15-31)19-29(24(26)7)23(6)25-10-8-9-11-25/h16-17,19,23,25,30H,3,8-15,18H2,1-2,4-7H3/b28-22-. The fourth-order valence-corrected chi connectivity index (χ4v) is 5.59. The number of allylic oxidation sites excluding steroid dienone is 5. The van der Waals surface area contributed by atoms with Crippen molar-refractivity contribution in [1.82, 2.24) is 5.32 Å². The Bertz CT molecular complexity index is 842. The molecular formula is C29H44N2. The monoisotopic (exact) mass is 420 g/mol. The number of hydrogen-bond acceptors (Lipinski definition) is 2. The zero-order chi connectivity index (χ0) is 22.5. The maximum atomic E-state index is 4.34. The third kappa shape index (κ3) is 5.92. The van der Waals surface area contributed by atoms with Crippen LogP contribution >= 0.6 is 0 Å². The Morgan fingerprint density at radius 1 is 1.13 bits per heavy atom. The highest BCUT2D eigenvalue weighted by molar-refractivity contribution is 5.57. The number of nitrogens with one attached hydrogen (secondary N) is 1. The summed E-state index contributed by atoms with van der Waals surface area (Å²) in [7, 11) is 0. The summed E-state index contributed by atoms with van der Waals surface area (Å²) in [6.45, 7) is 22.3. The van der Waals surface area contributed by atoms with Gasteiger partial charge in [0.2, 0.25) is 0 Å². The van der Waals surface area contributed by atoms with Gasteiger partial charge in [-0.25, -0.2) is 0 Å². The van der Waals surface area contributed by atoms with E-state index < -0.39 is 0 Å². The van der Waals surface area contributed by atoms with Crippen molar-refractivity contribution in [2.24, 2.45) is 5.92 Å². The third-order valence-corrected chi connectivity index (χ3v) is 7.48. The molecule has 1 saturated heterocycles. The summed E-state index contributed by atoms with van der Waals surface area (Å²) in [6.07, 6.45) is 8.88. The maximum absolute atomic E-state index is 4.34. The molecule has 0 spiro atoms. The Labute approximate surface area is 191 Å². The molecule has 31 heavy (non-hydrogen) atoms. The van der Waals surface area contributed by atoms with Crippen molar-refractivity contribution < 1.29 is 0 Å². The second-order valence-corrected chi connectivity index (χ2v) is 10.2. The van der Waals surface area contributed by atoms with Gasteiger partial charge in [-0.05, 0) is 106 Å². The molecule has 2 nitrogen and oxygen atoms in total. The SMILES string of the molecule is C=C(C)/C(Cc1cc(N2CCNCC2)cc(C(C)C2CCCC2)c1C)=C(/C)C=C(C)C. The number of piperazine rings is 1. The molecule has 3 rings (SSSR count). The van der Waals surface area contributed by atoms with Crippen molar-refractivity contribution in [1.29, 1.82) is 0 Å². The largest absolute Gasteiger partial charge is 0.369 e. The van der Waals surface area contributed by atoms with Gasteiger partial charge in [-0.15, -0.1) is 0 Å². The molecule has 1 aromatic rings.